The van der Waals surface area contributed by atoms with Crippen molar-refractivity contribution in [2.45, 2.75) is 38.1 Å². The van der Waals surface area contributed by atoms with Gasteiger partial charge in [-0.15, -0.1) is 0 Å². The van der Waals surface area contributed by atoms with Crippen LogP contribution >= 0.6 is 0 Å². The number of nitrogens with zero attached hydrogens (tertiary/aromatic N) is 2. The topological polar surface area (TPSA) is 96.7 Å². The van der Waals surface area contributed by atoms with Crippen LogP contribution in [0.3, 0.4) is 0 Å². The van der Waals surface area contributed by atoms with Crippen molar-refractivity contribution in [1.82, 2.24) is 20.5 Å². The van der Waals surface area contributed by atoms with Crippen molar-refractivity contribution in [3.63, 3.8) is 0 Å². The summed E-state index contributed by atoms with van der Waals surface area (Å²) in [6.45, 7) is 0.664. The summed E-state index contributed by atoms with van der Waals surface area (Å²) in [6.07, 6.45) is 5.96. The summed E-state index contributed by atoms with van der Waals surface area (Å²) in [5, 5.41) is 9.43. The molecule has 6 nitrogen and oxygen atoms in total. The molecule has 1 unspecified atom stereocenters. The molecule has 94 valence electrons. The van der Waals surface area contributed by atoms with Crippen LogP contribution in [0.5, 0.6) is 0 Å². The van der Waals surface area contributed by atoms with Gasteiger partial charge >= 0.3 is 0 Å². The van der Waals surface area contributed by atoms with Gasteiger partial charge in [-0.05, 0) is 25.2 Å². The zero-order chi connectivity index (χ0) is 12.1. The van der Waals surface area contributed by atoms with E-state index in [1.807, 2.05) is 0 Å². The van der Waals surface area contributed by atoms with E-state index in [1.165, 1.54) is 19.2 Å². The van der Waals surface area contributed by atoms with Crippen LogP contribution in [0.15, 0.2) is 6.33 Å². The number of nitrogens with one attached hydrogen (secondary N) is 2. The molecule has 1 aromatic rings. The number of hydrogen-bond donors (Lipinski definition) is 3. The fourth-order valence-electron chi connectivity index (χ4n) is 1.81. The zero-order valence-corrected chi connectivity index (χ0v) is 9.85. The molecule has 17 heavy (non-hydrogen) atoms. The Bertz CT molecular complexity index is 347. The lowest BCUT2D eigenvalue weighted by Crippen LogP contribution is -2.33. The molecule has 1 aromatic heterocycles. The molecule has 1 aliphatic carbocycles. The molecule has 0 spiro atoms. The van der Waals surface area contributed by atoms with E-state index in [1.54, 1.807) is 0 Å². The van der Waals surface area contributed by atoms with Crippen LogP contribution in [0.2, 0.25) is 0 Å². The summed E-state index contributed by atoms with van der Waals surface area (Å²) in [7, 11) is 0. The van der Waals surface area contributed by atoms with Crippen LogP contribution in [0.1, 0.15) is 31.5 Å². The van der Waals surface area contributed by atoms with Gasteiger partial charge < -0.3 is 11.1 Å². The van der Waals surface area contributed by atoms with Crippen molar-refractivity contribution < 1.29 is 4.79 Å². The lowest BCUT2D eigenvalue weighted by atomic mass is 10.1. The summed E-state index contributed by atoms with van der Waals surface area (Å²) in [6, 6.07) is 0.0456. The van der Waals surface area contributed by atoms with Crippen LogP contribution in [0, 0.1) is 5.92 Å². The van der Waals surface area contributed by atoms with Crippen molar-refractivity contribution >= 4 is 5.91 Å². The lowest BCUT2D eigenvalue weighted by Gasteiger charge is -2.10. The van der Waals surface area contributed by atoms with E-state index in [0.717, 1.165) is 18.7 Å². The highest BCUT2D eigenvalue weighted by molar-refractivity contribution is 5.76. The summed E-state index contributed by atoms with van der Waals surface area (Å²) in [5.41, 5.74) is 5.88. The largest absolute Gasteiger partial charge is 0.356 e. The van der Waals surface area contributed by atoms with Gasteiger partial charge in [0, 0.05) is 25.4 Å². The van der Waals surface area contributed by atoms with Crippen molar-refractivity contribution in [3.8, 4) is 0 Å². The third-order valence-corrected chi connectivity index (χ3v) is 3.03. The SMILES string of the molecule is NC(CC(=O)NCCCc1ncn[nH]1)C1CC1. The predicted octanol–water partition coefficient (Wildman–Crippen LogP) is -0.0191. The molecule has 1 atom stereocenters. The Hall–Kier alpha value is -1.43. The Kier molecular flexibility index (Phi) is 4.08. The average molecular weight is 237 g/mol. The lowest BCUT2D eigenvalue weighted by molar-refractivity contribution is -0.121. The third-order valence-electron chi connectivity index (χ3n) is 3.03. The number of amides is 1. The van der Waals surface area contributed by atoms with Gasteiger partial charge in [0.05, 0.1) is 0 Å². The Labute approximate surface area is 100 Å². The van der Waals surface area contributed by atoms with Gasteiger partial charge in [0.15, 0.2) is 0 Å². The van der Waals surface area contributed by atoms with Gasteiger partial charge in [-0.3, -0.25) is 9.89 Å². The first-order chi connectivity index (χ1) is 8.25. The van der Waals surface area contributed by atoms with Gasteiger partial charge in [0.2, 0.25) is 5.91 Å². The molecule has 1 fully saturated rings. The van der Waals surface area contributed by atoms with Crippen molar-refractivity contribution in [3.05, 3.63) is 12.2 Å². The molecule has 0 bridgehead atoms. The van der Waals surface area contributed by atoms with Crippen LogP contribution in [-0.4, -0.2) is 33.7 Å². The highest BCUT2D eigenvalue weighted by Crippen LogP contribution is 2.32. The smallest absolute Gasteiger partial charge is 0.221 e. The minimum Gasteiger partial charge on any atom is -0.356 e. The number of carbonyl (C=O) groups is 1. The summed E-state index contributed by atoms with van der Waals surface area (Å²) < 4.78 is 0. The maximum atomic E-state index is 11.5. The molecule has 0 aliphatic heterocycles. The van der Waals surface area contributed by atoms with Crippen LogP contribution in [0.25, 0.3) is 0 Å². The molecule has 6 heteroatoms. The fraction of sp³-hybridized carbons (Fsp3) is 0.727. The van der Waals surface area contributed by atoms with Crippen molar-refractivity contribution in [1.29, 1.82) is 0 Å². The molecular formula is C11H19N5O. The van der Waals surface area contributed by atoms with Gasteiger partial charge in [-0.2, -0.15) is 5.10 Å². The second-order valence-electron chi connectivity index (χ2n) is 4.59. The number of aromatic nitrogens is 3. The molecule has 1 heterocycles. The third kappa shape index (κ3) is 4.14. The van der Waals surface area contributed by atoms with Gasteiger partial charge in [0.25, 0.3) is 0 Å². The molecule has 1 saturated carbocycles. The Morgan fingerprint density at radius 3 is 3.12 bits per heavy atom. The molecule has 1 amide bonds. The minimum absolute atomic E-state index is 0.0456. The quantitative estimate of drug-likeness (QED) is 0.581. The fourth-order valence-corrected chi connectivity index (χ4v) is 1.81. The normalized spacial score (nSPS) is 16.8. The van der Waals surface area contributed by atoms with E-state index >= 15 is 0 Å². The number of H-pyrrole nitrogens is 1. The highest BCUT2D eigenvalue weighted by Gasteiger charge is 2.29. The van der Waals surface area contributed by atoms with E-state index in [9.17, 15) is 4.79 Å². The van der Waals surface area contributed by atoms with E-state index in [4.69, 9.17) is 5.73 Å². The second kappa shape index (κ2) is 5.77. The maximum Gasteiger partial charge on any atom is 0.221 e. The number of nitrogens with two attached hydrogens (primary N) is 1. The monoisotopic (exact) mass is 237 g/mol. The number of rotatable bonds is 7. The van der Waals surface area contributed by atoms with Gasteiger partial charge in [0.1, 0.15) is 12.2 Å². The first-order valence-corrected chi connectivity index (χ1v) is 6.12. The molecular weight excluding hydrogens is 218 g/mol. The summed E-state index contributed by atoms with van der Waals surface area (Å²) >= 11 is 0. The molecule has 2 rings (SSSR count). The summed E-state index contributed by atoms with van der Waals surface area (Å²) in [5.74, 6) is 1.49. The zero-order valence-electron chi connectivity index (χ0n) is 9.85. The van der Waals surface area contributed by atoms with E-state index in [-0.39, 0.29) is 11.9 Å². The Morgan fingerprint density at radius 1 is 1.65 bits per heavy atom. The maximum absolute atomic E-state index is 11.5. The standard InChI is InChI=1S/C11H19N5O/c12-9(8-3-4-8)6-11(17)13-5-1-2-10-14-7-15-16-10/h7-9H,1-6,12H2,(H,13,17)(H,14,15,16). The Balaban J connectivity index is 1.53. The first kappa shape index (κ1) is 12.0. The van der Waals surface area contributed by atoms with Gasteiger partial charge in [-0.1, -0.05) is 0 Å². The van der Waals surface area contributed by atoms with E-state index in [0.29, 0.717) is 18.9 Å². The number of aromatic amines is 1. The van der Waals surface area contributed by atoms with Gasteiger partial charge in [-0.25, -0.2) is 4.98 Å². The average Bonchev–Trinajstić information content (AvgIpc) is 3.03. The van der Waals surface area contributed by atoms with Crippen molar-refractivity contribution in [2.24, 2.45) is 11.7 Å². The number of aryl methyl sites for hydroxylation is 1. The highest BCUT2D eigenvalue weighted by atomic mass is 16.1. The molecule has 1 aliphatic rings. The predicted molar refractivity (Wildman–Crippen MR) is 63.0 cm³/mol. The van der Waals surface area contributed by atoms with Crippen molar-refractivity contribution in [2.75, 3.05) is 6.54 Å². The summed E-state index contributed by atoms with van der Waals surface area (Å²) in [4.78, 5) is 15.5. The number of carbonyl (C=O) groups excluding carboxylic acids is 1. The first-order valence-electron chi connectivity index (χ1n) is 6.12. The van der Waals surface area contributed by atoms with E-state index in [2.05, 4.69) is 20.5 Å². The molecule has 0 saturated heterocycles. The second-order valence-corrected chi connectivity index (χ2v) is 4.59. The molecule has 0 aromatic carbocycles. The van der Waals surface area contributed by atoms with Crippen LogP contribution in [0.4, 0.5) is 0 Å². The van der Waals surface area contributed by atoms with Crippen LogP contribution < -0.4 is 11.1 Å². The molecule has 4 N–H and O–H groups in total. The minimum atomic E-state index is 0.0456. The van der Waals surface area contributed by atoms with E-state index < -0.39 is 0 Å². The molecule has 0 radical (unpaired) electrons. The Morgan fingerprint density at radius 2 is 2.47 bits per heavy atom. The number of hydrogen-bond acceptors (Lipinski definition) is 4. The van der Waals surface area contributed by atoms with Crippen LogP contribution in [-0.2, 0) is 11.2 Å².